The minimum atomic E-state index is -1.01. The van der Waals surface area contributed by atoms with Gasteiger partial charge in [-0.2, -0.15) is 0 Å². The predicted molar refractivity (Wildman–Crippen MR) is 151 cm³/mol. The van der Waals surface area contributed by atoms with Crippen LogP contribution in [0.5, 0.6) is 0 Å². The quantitative estimate of drug-likeness (QED) is 0.471. The third-order valence-corrected chi connectivity index (χ3v) is 8.41. The van der Waals surface area contributed by atoms with Crippen molar-refractivity contribution in [3.05, 3.63) is 29.8 Å². The lowest BCUT2D eigenvalue weighted by Crippen LogP contribution is -2.53. The largest absolute Gasteiger partial charge is 0.378 e. The van der Waals surface area contributed by atoms with Gasteiger partial charge in [-0.3, -0.25) is 19.2 Å². The van der Waals surface area contributed by atoms with Gasteiger partial charge >= 0.3 is 0 Å². The molecule has 1 aromatic rings. The van der Waals surface area contributed by atoms with Crippen LogP contribution in [0.25, 0.3) is 0 Å². The number of nitrogens with zero attached hydrogens (tertiary/aromatic N) is 3. The smallest absolute Gasteiger partial charge is 0.255 e. The van der Waals surface area contributed by atoms with Gasteiger partial charge in [0.1, 0.15) is 17.7 Å². The number of likely N-dealkylation sites (tertiary alicyclic amines) is 2. The number of methoxy groups -OCH3 is 1. The number of morpholine rings is 1. The van der Waals surface area contributed by atoms with Crippen LogP contribution in [0.4, 0.5) is 5.69 Å². The van der Waals surface area contributed by atoms with E-state index in [1.165, 1.54) is 7.11 Å². The number of carbonyl (C=O) groups is 4. The molecule has 3 amide bonds. The van der Waals surface area contributed by atoms with E-state index < -0.39 is 17.7 Å². The molecular formula is C30H44N4O6. The third kappa shape index (κ3) is 6.17. The molecule has 0 spiro atoms. The van der Waals surface area contributed by atoms with Gasteiger partial charge in [0, 0.05) is 38.0 Å². The molecule has 1 N–H and O–H groups in total. The van der Waals surface area contributed by atoms with Crippen LogP contribution in [0, 0.1) is 5.92 Å². The van der Waals surface area contributed by atoms with Crippen LogP contribution < -0.4 is 10.2 Å². The molecule has 3 aliphatic rings. The summed E-state index contributed by atoms with van der Waals surface area (Å²) in [6.07, 6.45) is 2.27. The zero-order chi connectivity index (χ0) is 29.0. The number of nitrogens with one attached hydrogen (secondary N) is 1. The van der Waals surface area contributed by atoms with E-state index in [0.29, 0.717) is 44.6 Å². The van der Waals surface area contributed by atoms with Crippen molar-refractivity contribution < 1.29 is 28.7 Å². The lowest BCUT2D eigenvalue weighted by atomic mass is 9.97. The molecule has 40 heavy (non-hydrogen) atoms. The number of hydrogen-bond acceptors (Lipinski definition) is 7. The Hall–Kier alpha value is -2.98. The van der Waals surface area contributed by atoms with Crippen molar-refractivity contribution in [1.29, 1.82) is 0 Å². The van der Waals surface area contributed by atoms with E-state index in [2.05, 4.69) is 10.2 Å². The van der Waals surface area contributed by atoms with E-state index in [9.17, 15) is 19.2 Å². The average molecular weight is 557 g/mol. The number of Topliss-reactive ketones (excluding diaryl/α,β-unsaturated/α-hetero) is 1. The van der Waals surface area contributed by atoms with Crippen LogP contribution in [0.1, 0.15) is 63.7 Å². The Morgan fingerprint density at radius 3 is 2.38 bits per heavy atom. The van der Waals surface area contributed by atoms with Gasteiger partial charge in [0.05, 0.1) is 25.8 Å². The summed E-state index contributed by atoms with van der Waals surface area (Å²) in [7, 11) is 1.52. The Balaban J connectivity index is 1.46. The zero-order valence-corrected chi connectivity index (χ0v) is 24.5. The summed E-state index contributed by atoms with van der Waals surface area (Å²) in [5.41, 5.74) is 0.494. The summed E-state index contributed by atoms with van der Waals surface area (Å²) in [6.45, 7) is 11.0. The molecule has 220 valence electrons. The number of amides is 3. The number of ether oxygens (including phenoxy) is 2. The molecule has 3 fully saturated rings. The van der Waals surface area contributed by atoms with Crippen molar-refractivity contribution in [3.63, 3.8) is 0 Å². The second-order valence-electron chi connectivity index (χ2n) is 11.7. The highest BCUT2D eigenvalue weighted by atomic mass is 16.5. The Bertz CT molecular complexity index is 1090. The minimum absolute atomic E-state index is 0.0304. The van der Waals surface area contributed by atoms with Gasteiger partial charge in [0.25, 0.3) is 11.8 Å². The topological polar surface area (TPSA) is 108 Å². The number of hydrogen-bond donors (Lipinski definition) is 1. The first-order valence-corrected chi connectivity index (χ1v) is 14.5. The first-order chi connectivity index (χ1) is 19.1. The second kappa shape index (κ2) is 12.7. The third-order valence-electron chi connectivity index (χ3n) is 8.41. The van der Waals surface area contributed by atoms with Crippen molar-refractivity contribution >= 4 is 29.2 Å². The lowest BCUT2D eigenvalue weighted by molar-refractivity contribution is -0.155. The van der Waals surface area contributed by atoms with E-state index in [-0.39, 0.29) is 42.0 Å². The molecule has 10 heteroatoms. The molecule has 0 saturated carbocycles. The van der Waals surface area contributed by atoms with Gasteiger partial charge in [-0.25, -0.2) is 0 Å². The van der Waals surface area contributed by atoms with Gasteiger partial charge < -0.3 is 29.5 Å². The van der Waals surface area contributed by atoms with Crippen molar-refractivity contribution in [2.75, 3.05) is 51.4 Å². The zero-order valence-electron chi connectivity index (χ0n) is 24.5. The highest BCUT2D eigenvalue weighted by Gasteiger charge is 2.54. The summed E-state index contributed by atoms with van der Waals surface area (Å²) in [5.74, 6) is -0.810. The molecule has 3 saturated heterocycles. The normalized spacial score (nSPS) is 23.2. The van der Waals surface area contributed by atoms with Gasteiger partial charge in [-0.1, -0.05) is 27.2 Å². The minimum Gasteiger partial charge on any atom is -0.378 e. The van der Waals surface area contributed by atoms with Gasteiger partial charge in [0.15, 0.2) is 5.78 Å². The maximum absolute atomic E-state index is 13.8. The van der Waals surface area contributed by atoms with E-state index in [4.69, 9.17) is 9.47 Å². The average Bonchev–Trinajstić information content (AvgIpc) is 3.53. The second-order valence-corrected chi connectivity index (χ2v) is 11.7. The number of anilines is 1. The Morgan fingerprint density at radius 1 is 1.10 bits per heavy atom. The van der Waals surface area contributed by atoms with Crippen molar-refractivity contribution in [2.45, 2.75) is 77.1 Å². The van der Waals surface area contributed by atoms with Gasteiger partial charge in [-0.05, 0) is 56.4 Å². The fourth-order valence-electron chi connectivity index (χ4n) is 6.20. The fourth-order valence-corrected chi connectivity index (χ4v) is 6.20. The Morgan fingerprint density at radius 2 is 1.77 bits per heavy atom. The lowest BCUT2D eigenvalue weighted by Gasteiger charge is -2.33. The van der Waals surface area contributed by atoms with E-state index >= 15 is 0 Å². The molecule has 0 aliphatic carbocycles. The summed E-state index contributed by atoms with van der Waals surface area (Å²) >= 11 is 0. The van der Waals surface area contributed by atoms with Crippen LogP contribution in [-0.2, 0) is 23.9 Å². The molecule has 4 unspecified atom stereocenters. The first-order valence-electron chi connectivity index (χ1n) is 14.5. The molecular weight excluding hydrogens is 512 g/mol. The van der Waals surface area contributed by atoms with Crippen molar-refractivity contribution in [3.8, 4) is 0 Å². The fraction of sp³-hybridized carbons (Fsp3) is 0.667. The summed E-state index contributed by atoms with van der Waals surface area (Å²) in [5, 5.41) is 2.94. The maximum Gasteiger partial charge on any atom is 0.255 e. The SMILES string of the molecule is CCCC(C)(OC)C(=O)N1CC(=O)C2C1CCN2C(=O)C(CC(C)C)NC(=O)c1ccc(N2CCOCC2)cc1. The Kier molecular flexibility index (Phi) is 9.51. The number of ketones is 1. The van der Waals surface area contributed by atoms with Gasteiger partial charge in [-0.15, -0.1) is 0 Å². The van der Waals surface area contributed by atoms with Crippen LogP contribution in [0.2, 0.25) is 0 Å². The number of benzene rings is 1. The maximum atomic E-state index is 13.8. The Labute approximate surface area is 237 Å². The number of carbonyl (C=O) groups excluding carboxylic acids is 4. The van der Waals surface area contributed by atoms with E-state index in [1.807, 2.05) is 32.9 Å². The summed E-state index contributed by atoms with van der Waals surface area (Å²) in [4.78, 5) is 59.1. The molecule has 0 radical (unpaired) electrons. The molecule has 1 aromatic carbocycles. The van der Waals surface area contributed by atoms with Crippen LogP contribution in [0.15, 0.2) is 24.3 Å². The molecule has 0 aromatic heterocycles. The molecule has 4 rings (SSSR count). The van der Waals surface area contributed by atoms with Crippen LogP contribution in [0.3, 0.4) is 0 Å². The van der Waals surface area contributed by atoms with Crippen molar-refractivity contribution in [1.82, 2.24) is 15.1 Å². The van der Waals surface area contributed by atoms with Crippen molar-refractivity contribution in [2.24, 2.45) is 5.92 Å². The molecule has 4 atom stereocenters. The van der Waals surface area contributed by atoms with E-state index in [1.54, 1.807) is 28.9 Å². The molecule has 10 nitrogen and oxygen atoms in total. The van der Waals surface area contributed by atoms with E-state index in [0.717, 1.165) is 25.2 Å². The monoisotopic (exact) mass is 556 g/mol. The number of fused-ring (bicyclic) bond motifs is 1. The number of rotatable bonds is 10. The highest BCUT2D eigenvalue weighted by molar-refractivity contribution is 6.01. The predicted octanol–water partition coefficient (Wildman–Crippen LogP) is 2.25. The molecule has 3 heterocycles. The highest BCUT2D eigenvalue weighted by Crippen LogP contribution is 2.34. The molecule has 0 bridgehead atoms. The van der Waals surface area contributed by atoms with Crippen LogP contribution >= 0.6 is 0 Å². The van der Waals surface area contributed by atoms with Gasteiger partial charge in [0.2, 0.25) is 5.91 Å². The first kappa shape index (κ1) is 30.0. The molecule has 3 aliphatic heterocycles. The summed E-state index contributed by atoms with van der Waals surface area (Å²) in [6, 6.07) is 5.54. The summed E-state index contributed by atoms with van der Waals surface area (Å²) < 4.78 is 11.0. The standard InChI is InChI=1S/C30H44N4O6/c1-6-12-30(4,39-5)29(38)34-19-25(35)26-24(34)11-13-33(26)28(37)23(18-20(2)3)31-27(36)21-7-9-22(10-8-21)32-14-16-40-17-15-32/h7-10,20,23-24,26H,6,11-19H2,1-5H3,(H,31,36). The van der Waals surface area contributed by atoms with Crippen LogP contribution in [-0.4, -0.2) is 104 Å².